The first-order valence-corrected chi connectivity index (χ1v) is 2.56. The van der Waals surface area contributed by atoms with Crippen LogP contribution in [0.4, 0.5) is 0 Å². The van der Waals surface area contributed by atoms with Gasteiger partial charge in [0.2, 0.25) is 5.91 Å². The van der Waals surface area contributed by atoms with Crippen molar-refractivity contribution >= 4 is 5.91 Å². The first-order valence-electron chi connectivity index (χ1n) is 2.56. The predicted octanol–water partition coefficient (Wildman–Crippen LogP) is -0.323. The van der Waals surface area contributed by atoms with Gasteiger partial charge in [0, 0.05) is 5.57 Å². The van der Waals surface area contributed by atoms with E-state index in [1.54, 1.807) is 24.9 Å². The normalized spacial score (nSPS) is 16.2. The summed E-state index contributed by atoms with van der Waals surface area (Å²) >= 11 is 0. The molecule has 1 amide bonds. The minimum atomic E-state index is -0.399. The molecule has 0 bridgehead atoms. The molecule has 0 atom stereocenters. The van der Waals surface area contributed by atoms with Crippen molar-refractivity contribution in [3.8, 4) is 0 Å². The topological polar surface area (TPSA) is 55.1 Å². The van der Waals surface area contributed by atoms with Crippen LogP contribution in [0.15, 0.2) is 23.9 Å². The third-order valence-corrected chi connectivity index (χ3v) is 1.00. The van der Waals surface area contributed by atoms with E-state index in [2.05, 4.69) is 5.32 Å². The number of hydrogen-bond acceptors (Lipinski definition) is 2. The summed E-state index contributed by atoms with van der Waals surface area (Å²) in [4.78, 5) is 10.4. The van der Waals surface area contributed by atoms with Crippen LogP contribution in [-0.4, -0.2) is 5.91 Å². The number of carbonyl (C=O) groups excluding carboxylic acids is 1. The highest BCUT2D eigenvalue weighted by Gasteiger charge is 2.00. The van der Waals surface area contributed by atoms with E-state index in [0.29, 0.717) is 5.57 Å². The van der Waals surface area contributed by atoms with E-state index < -0.39 is 5.91 Å². The van der Waals surface area contributed by atoms with Crippen molar-refractivity contribution in [2.24, 2.45) is 5.73 Å². The molecule has 47 valence electrons. The van der Waals surface area contributed by atoms with Gasteiger partial charge in [0.15, 0.2) is 0 Å². The summed E-state index contributed by atoms with van der Waals surface area (Å²) in [5.74, 6) is -0.399. The van der Waals surface area contributed by atoms with Gasteiger partial charge in [0.05, 0.1) is 6.54 Å². The maximum atomic E-state index is 10.4. The molecule has 0 saturated heterocycles. The summed E-state index contributed by atoms with van der Waals surface area (Å²) in [5, 5.41) is 2.78. The fourth-order valence-corrected chi connectivity index (χ4v) is 0.551. The van der Waals surface area contributed by atoms with Gasteiger partial charge >= 0.3 is 0 Å². The molecule has 0 aromatic carbocycles. The molecule has 0 saturated carbocycles. The van der Waals surface area contributed by atoms with Crippen LogP contribution in [0.25, 0.3) is 0 Å². The van der Waals surface area contributed by atoms with Gasteiger partial charge < -0.3 is 11.1 Å². The first kappa shape index (κ1) is 5.88. The number of nitrogens with two attached hydrogens (primary N) is 1. The fraction of sp³-hybridized carbons (Fsp3) is 0. The van der Waals surface area contributed by atoms with Gasteiger partial charge in [-0.25, -0.2) is 0 Å². The number of rotatable bonds is 1. The molecule has 0 aromatic heterocycles. The van der Waals surface area contributed by atoms with Crippen LogP contribution in [0, 0.1) is 6.54 Å². The van der Waals surface area contributed by atoms with Crippen molar-refractivity contribution in [2.45, 2.75) is 0 Å². The van der Waals surface area contributed by atoms with Gasteiger partial charge in [-0.1, -0.05) is 0 Å². The molecule has 3 heteroatoms. The largest absolute Gasteiger partial charge is 0.382 e. The Kier molecular flexibility index (Phi) is 1.53. The van der Waals surface area contributed by atoms with Crippen LogP contribution < -0.4 is 11.1 Å². The molecule has 0 spiro atoms. The molecule has 1 rings (SSSR count). The van der Waals surface area contributed by atoms with Crippen molar-refractivity contribution in [1.29, 1.82) is 0 Å². The highest BCUT2D eigenvalue weighted by Crippen LogP contribution is 1.99. The highest BCUT2D eigenvalue weighted by molar-refractivity contribution is 5.95. The standard InChI is InChI=1S/C6H7N2O/c7-6(9)5-1-3-8-4-2-5/h1-4,8H,(H2,7,9). The lowest BCUT2D eigenvalue weighted by Crippen LogP contribution is -2.16. The third-order valence-electron chi connectivity index (χ3n) is 1.00. The number of hydrogen-bond donors (Lipinski definition) is 2. The lowest BCUT2D eigenvalue weighted by Gasteiger charge is -2.02. The summed E-state index contributed by atoms with van der Waals surface area (Å²) in [6.45, 7) is 1.65. The second kappa shape index (κ2) is 2.35. The average molecular weight is 123 g/mol. The van der Waals surface area contributed by atoms with Crippen molar-refractivity contribution < 1.29 is 4.79 Å². The second-order valence-corrected chi connectivity index (χ2v) is 1.65. The van der Waals surface area contributed by atoms with Crippen molar-refractivity contribution in [3.63, 3.8) is 0 Å². The quantitative estimate of drug-likeness (QED) is 0.502. The van der Waals surface area contributed by atoms with Crippen LogP contribution in [0.3, 0.4) is 0 Å². The SMILES string of the molecule is NC(=O)C1=C[CH]NC=C1. The van der Waals surface area contributed by atoms with Gasteiger partial charge in [-0.3, -0.25) is 4.79 Å². The predicted molar refractivity (Wildman–Crippen MR) is 33.9 cm³/mol. The Morgan fingerprint density at radius 2 is 2.44 bits per heavy atom. The Balaban J connectivity index is 2.69. The van der Waals surface area contributed by atoms with E-state index in [4.69, 9.17) is 5.73 Å². The Morgan fingerprint density at radius 1 is 1.67 bits per heavy atom. The molecule has 0 aliphatic carbocycles. The maximum Gasteiger partial charge on any atom is 0.248 e. The minimum absolute atomic E-state index is 0.399. The average Bonchev–Trinajstić information content (AvgIpc) is 1.90. The summed E-state index contributed by atoms with van der Waals surface area (Å²) in [6, 6.07) is 0. The van der Waals surface area contributed by atoms with Crippen molar-refractivity contribution in [2.75, 3.05) is 0 Å². The Morgan fingerprint density at radius 3 is 2.78 bits per heavy atom. The molecular formula is C6H7N2O. The molecule has 9 heavy (non-hydrogen) atoms. The number of nitrogens with one attached hydrogen (secondary N) is 1. The zero-order valence-electron chi connectivity index (χ0n) is 4.79. The fourth-order valence-electron chi connectivity index (χ4n) is 0.551. The van der Waals surface area contributed by atoms with Gasteiger partial charge in [-0.05, 0) is 18.4 Å². The third kappa shape index (κ3) is 1.32. The molecule has 0 aromatic rings. The monoisotopic (exact) mass is 123 g/mol. The molecule has 3 nitrogen and oxygen atoms in total. The summed E-state index contributed by atoms with van der Waals surface area (Å²) < 4.78 is 0. The van der Waals surface area contributed by atoms with Crippen molar-refractivity contribution in [3.05, 3.63) is 30.5 Å². The molecule has 1 radical (unpaired) electrons. The summed E-state index contributed by atoms with van der Waals surface area (Å²) in [6.07, 6.45) is 4.91. The second-order valence-electron chi connectivity index (χ2n) is 1.65. The van der Waals surface area contributed by atoms with Crippen LogP contribution in [-0.2, 0) is 4.79 Å². The van der Waals surface area contributed by atoms with E-state index in [9.17, 15) is 4.79 Å². The number of dihydropyridines is 1. The van der Waals surface area contributed by atoms with Gasteiger partial charge in [-0.15, -0.1) is 0 Å². The molecule has 1 heterocycles. The molecular weight excluding hydrogens is 116 g/mol. The Hall–Kier alpha value is -1.25. The van der Waals surface area contributed by atoms with Crippen LogP contribution in [0.5, 0.6) is 0 Å². The van der Waals surface area contributed by atoms with Gasteiger partial charge in [0.25, 0.3) is 0 Å². The van der Waals surface area contributed by atoms with Gasteiger partial charge in [-0.2, -0.15) is 0 Å². The van der Waals surface area contributed by atoms with E-state index in [0.717, 1.165) is 0 Å². The van der Waals surface area contributed by atoms with E-state index in [1.165, 1.54) is 0 Å². The lowest BCUT2D eigenvalue weighted by molar-refractivity contribution is -0.114. The first-order chi connectivity index (χ1) is 4.30. The smallest absolute Gasteiger partial charge is 0.248 e. The summed E-state index contributed by atoms with van der Waals surface area (Å²) in [5.41, 5.74) is 5.48. The molecule has 0 unspecified atom stereocenters. The van der Waals surface area contributed by atoms with Crippen LogP contribution in [0.2, 0.25) is 0 Å². The Labute approximate surface area is 53.2 Å². The Bertz CT molecular complexity index is 181. The molecule has 3 N–H and O–H groups in total. The number of primary amides is 1. The van der Waals surface area contributed by atoms with E-state index in [-0.39, 0.29) is 0 Å². The maximum absolute atomic E-state index is 10.4. The minimum Gasteiger partial charge on any atom is -0.382 e. The van der Waals surface area contributed by atoms with Gasteiger partial charge in [0.1, 0.15) is 0 Å². The number of carbonyl (C=O) groups is 1. The number of amides is 1. The van der Waals surface area contributed by atoms with Crippen molar-refractivity contribution in [1.82, 2.24) is 5.32 Å². The zero-order chi connectivity index (χ0) is 6.69. The molecule has 1 aliphatic rings. The summed E-state index contributed by atoms with van der Waals surface area (Å²) in [7, 11) is 0. The highest BCUT2D eigenvalue weighted by atomic mass is 16.1. The van der Waals surface area contributed by atoms with E-state index in [1.807, 2.05) is 0 Å². The van der Waals surface area contributed by atoms with E-state index >= 15 is 0 Å². The van der Waals surface area contributed by atoms with Crippen LogP contribution >= 0.6 is 0 Å². The molecule has 1 aliphatic heterocycles. The van der Waals surface area contributed by atoms with Crippen LogP contribution in [0.1, 0.15) is 0 Å². The zero-order valence-corrected chi connectivity index (χ0v) is 4.79. The lowest BCUT2D eigenvalue weighted by atomic mass is 10.2. The molecule has 0 fully saturated rings.